The SMILES string of the molecule is Cc1onc(-c2ccc(Cl)cc2)c1C(=O)N[C@H](C)CN1CCOCC1. The summed E-state index contributed by atoms with van der Waals surface area (Å²) < 4.78 is 10.6. The summed E-state index contributed by atoms with van der Waals surface area (Å²) in [5.41, 5.74) is 1.80. The van der Waals surface area contributed by atoms with Gasteiger partial charge in [0.1, 0.15) is 17.0 Å². The molecule has 0 unspecified atom stereocenters. The molecule has 0 aliphatic carbocycles. The van der Waals surface area contributed by atoms with Crippen LogP contribution in [0.4, 0.5) is 0 Å². The van der Waals surface area contributed by atoms with E-state index >= 15 is 0 Å². The molecule has 134 valence electrons. The molecule has 1 saturated heterocycles. The molecule has 1 aliphatic heterocycles. The van der Waals surface area contributed by atoms with E-state index < -0.39 is 0 Å². The minimum atomic E-state index is -0.176. The predicted molar refractivity (Wildman–Crippen MR) is 95.9 cm³/mol. The van der Waals surface area contributed by atoms with E-state index in [0.29, 0.717) is 22.0 Å². The number of benzene rings is 1. The average molecular weight is 364 g/mol. The van der Waals surface area contributed by atoms with Crippen LogP contribution in [0.1, 0.15) is 23.0 Å². The molecule has 2 aromatic rings. The monoisotopic (exact) mass is 363 g/mol. The third-order valence-electron chi connectivity index (χ3n) is 4.22. The molecule has 1 amide bonds. The van der Waals surface area contributed by atoms with Gasteiger partial charge in [-0.05, 0) is 26.0 Å². The van der Waals surface area contributed by atoms with Crippen LogP contribution in [0.2, 0.25) is 5.02 Å². The highest BCUT2D eigenvalue weighted by atomic mass is 35.5. The Balaban J connectivity index is 1.71. The first kappa shape index (κ1) is 17.9. The number of rotatable bonds is 5. The molecule has 0 saturated carbocycles. The molecule has 0 bridgehead atoms. The van der Waals surface area contributed by atoms with Gasteiger partial charge >= 0.3 is 0 Å². The Morgan fingerprint density at radius 2 is 2.00 bits per heavy atom. The van der Waals surface area contributed by atoms with Gasteiger partial charge in [-0.25, -0.2) is 0 Å². The Kier molecular flexibility index (Phi) is 5.73. The van der Waals surface area contributed by atoms with Gasteiger partial charge in [-0.15, -0.1) is 0 Å². The van der Waals surface area contributed by atoms with Crippen LogP contribution in [-0.2, 0) is 4.74 Å². The van der Waals surface area contributed by atoms with Gasteiger partial charge in [0.05, 0.1) is 13.2 Å². The van der Waals surface area contributed by atoms with Gasteiger partial charge in [0.25, 0.3) is 5.91 Å². The zero-order valence-corrected chi connectivity index (χ0v) is 15.2. The summed E-state index contributed by atoms with van der Waals surface area (Å²) in [6.07, 6.45) is 0. The van der Waals surface area contributed by atoms with Crippen molar-refractivity contribution in [2.45, 2.75) is 19.9 Å². The van der Waals surface area contributed by atoms with Gasteiger partial charge < -0.3 is 14.6 Å². The lowest BCUT2D eigenvalue weighted by Gasteiger charge is -2.29. The second-order valence-electron chi connectivity index (χ2n) is 6.26. The van der Waals surface area contributed by atoms with Crippen LogP contribution < -0.4 is 5.32 Å². The molecule has 1 atom stereocenters. The lowest BCUT2D eigenvalue weighted by Crippen LogP contribution is -2.46. The number of nitrogens with one attached hydrogen (secondary N) is 1. The van der Waals surface area contributed by atoms with Crippen molar-refractivity contribution in [3.8, 4) is 11.3 Å². The standard InChI is InChI=1S/C18H22ClN3O3/c1-12(11-22-7-9-24-10-8-22)20-18(23)16-13(2)25-21-17(16)14-3-5-15(19)6-4-14/h3-6,12H,7-11H2,1-2H3,(H,20,23)/t12-/m1/s1. The largest absolute Gasteiger partial charge is 0.379 e. The molecule has 6 nitrogen and oxygen atoms in total. The topological polar surface area (TPSA) is 67.6 Å². The zero-order valence-electron chi connectivity index (χ0n) is 14.4. The van der Waals surface area contributed by atoms with Crippen molar-refractivity contribution in [3.63, 3.8) is 0 Å². The van der Waals surface area contributed by atoms with Crippen molar-refractivity contribution in [1.82, 2.24) is 15.4 Å². The summed E-state index contributed by atoms with van der Waals surface area (Å²) in [5.74, 6) is 0.325. The second kappa shape index (κ2) is 7.99. The number of halogens is 1. The third kappa shape index (κ3) is 4.39. The summed E-state index contributed by atoms with van der Waals surface area (Å²) in [6, 6.07) is 7.20. The average Bonchev–Trinajstić information content (AvgIpc) is 2.98. The van der Waals surface area contributed by atoms with Crippen LogP contribution in [0.3, 0.4) is 0 Å². The number of morpholine rings is 1. The van der Waals surface area contributed by atoms with Crippen LogP contribution >= 0.6 is 11.6 Å². The number of hydrogen-bond donors (Lipinski definition) is 1. The van der Waals surface area contributed by atoms with Crippen molar-refractivity contribution >= 4 is 17.5 Å². The highest BCUT2D eigenvalue weighted by Gasteiger charge is 2.23. The fraction of sp³-hybridized carbons (Fsp3) is 0.444. The fourth-order valence-electron chi connectivity index (χ4n) is 2.96. The molecule has 1 fully saturated rings. The molecule has 1 N–H and O–H groups in total. The summed E-state index contributed by atoms with van der Waals surface area (Å²) in [7, 11) is 0. The first-order valence-electron chi connectivity index (χ1n) is 8.38. The van der Waals surface area contributed by atoms with Crippen LogP contribution in [-0.4, -0.2) is 54.9 Å². The van der Waals surface area contributed by atoms with Crippen LogP contribution in [0.15, 0.2) is 28.8 Å². The predicted octanol–water partition coefficient (Wildman–Crippen LogP) is 2.75. The van der Waals surface area contributed by atoms with Crippen molar-refractivity contribution in [2.24, 2.45) is 0 Å². The fourth-order valence-corrected chi connectivity index (χ4v) is 3.08. The zero-order chi connectivity index (χ0) is 17.8. The van der Waals surface area contributed by atoms with E-state index in [9.17, 15) is 4.79 Å². The van der Waals surface area contributed by atoms with Crippen molar-refractivity contribution in [2.75, 3.05) is 32.8 Å². The van der Waals surface area contributed by atoms with Crippen molar-refractivity contribution in [3.05, 3.63) is 40.6 Å². The van der Waals surface area contributed by atoms with Crippen molar-refractivity contribution in [1.29, 1.82) is 0 Å². The number of nitrogens with zero attached hydrogens (tertiary/aromatic N) is 2. The van der Waals surface area contributed by atoms with E-state index in [1.807, 2.05) is 19.1 Å². The van der Waals surface area contributed by atoms with Crippen LogP contribution in [0.25, 0.3) is 11.3 Å². The van der Waals surface area contributed by atoms with E-state index in [0.717, 1.165) is 38.4 Å². The molecule has 1 aromatic heterocycles. The smallest absolute Gasteiger partial charge is 0.257 e. The second-order valence-corrected chi connectivity index (χ2v) is 6.69. The van der Waals surface area contributed by atoms with Gasteiger partial charge in [0.15, 0.2) is 0 Å². The Hall–Kier alpha value is -1.89. The Morgan fingerprint density at radius 1 is 1.32 bits per heavy atom. The van der Waals surface area contributed by atoms with Crippen LogP contribution in [0, 0.1) is 6.92 Å². The lowest BCUT2D eigenvalue weighted by atomic mass is 10.1. The highest BCUT2D eigenvalue weighted by molar-refractivity contribution is 6.30. The minimum Gasteiger partial charge on any atom is -0.379 e. The molecule has 2 heterocycles. The highest BCUT2D eigenvalue weighted by Crippen LogP contribution is 2.26. The van der Waals surface area contributed by atoms with Gasteiger partial charge in [0, 0.05) is 36.3 Å². The van der Waals surface area contributed by atoms with E-state index in [4.69, 9.17) is 20.9 Å². The molecule has 1 aliphatic rings. The van der Waals surface area contributed by atoms with E-state index in [2.05, 4.69) is 15.4 Å². The number of aromatic nitrogens is 1. The molecule has 0 radical (unpaired) electrons. The normalized spacial score (nSPS) is 16.6. The van der Waals surface area contributed by atoms with Gasteiger partial charge in [-0.3, -0.25) is 9.69 Å². The molecule has 1 aromatic carbocycles. The number of hydrogen-bond acceptors (Lipinski definition) is 5. The lowest BCUT2D eigenvalue weighted by molar-refractivity contribution is 0.0342. The Bertz CT molecular complexity index is 724. The molecule has 0 spiro atoms. The Morgan fingerprint density at radius 3 is 2.68 bits per heavy atom. The maximum absolute atomic E-state index is 12.8. The Labute approximate surface area is 152 Å². The first-order valence-corrected chi connectivity index (χ1v) is 8.75. The number of amides is 1. The maximum Gasteiger partial charge on any atom is 0.257 e. The van der Waals surface area contributed by atoms with Gasteiger partial charge in [-0.2, -0.15) is 0 Å². The molecule has 7 heteroatoms. The quantitative estimate of drug-likeness (QED) is 0.884. The summed E-state index contributed by atoms with van der Waals surface area (Å²) in [5, 5.41) is 7.73. The van der Waals surface area contributed by atoms with Crippen molar-refractivity contribution < 1.29 is 14.1 Å². The molecule has 25 heavy (non-hydrogen) atoms. The minimum absolute atomic E-state index is 0.0120. The van der Waals surface area contributed by atoms with Gasteiger partial charge in [0.2, 0.25) is 0 Å². The molecule has 3 rings (SSSR count). The first-order chi connectivity index (χ1) is 12.0. The molecular formula is C18H22ClN3O3. The van der Waals surface area contributed by atoms with Gasteiger partial charge in [-0.1, -0.05) is 28.9 Å². The maximum atomic E-state index is 12.8. The summed E-state index contributed by atoms with van der Waals surface area (Å²) in [4.78, 5) is 15.0. The summed E-state index contributed by atoms with van der Waals surface area (Å²) >= 11 is 5.93. The third-order valence-corrected chi connectivity index (χ3v) is 4.47. The van der Waals surface area contributed by atoms with Crippen LogP contribution in [0.5, 0.6) is 0 Å². The number of carbonyl (C=O) groups excluding carboxylic acids is 1. The van der Waals surface area contributed by atoms with E-state index in [1.54, 1.807) is 19.1 Å². The number of aryl methyl sites for hydroxylation is 1. The summed E-state index contributed by atoms with van der Waals surface area (Å²) in [6.45, 7) is 7.80. The van der Waals surface area contributed by atoms with E-state index in [1.165, 1.54) is 0 Å². The number of carbonyl (C=O) groups is 1. The molecular weight excluding hydrogens is 342 g/mol. The van der Waals surface area contributed by atoms with E-state index in [-0.39, 0.29) is 11.9 Å². The number of ether oxygens (including phenoxy) is 1.